The Kier molecular flexibility index (Phi) is 8.13. The third-order valence-electron chi connectivity index (χ3n) is 6.25. The second kappa shape index (κ2) is 11.6. The number of hydrogen-bond donors (Lipinski definition) is 1. The molecule has 7 nitrogen and oxygen atoms in total. The van der Waals surface area contributed by atoms with Crippen LogP contribution in [0.25, 0.3) is 5.76 Å². The minimum Gasteiger partial charge on any atom is -0.507 e. The first-order valence-electron chi connectivity index (χ1n) is 12.3. The highest BCUT2D eigenvalue weighted by molar-refractivity contribution is 6.46. The van der Waals surface area contributed by atoms with Crippen LogP contribution in [0.2, 0.25) is 0 Å². The third-order valence-corrected chi connectivity index (χ3v) is 6.25. The smallest absolute Gasteiger partial charge is 0.295 e. The maximum absolute atomic E-state index is 13.4. The molecule has 1 N–H and O–H groups in total. The Hall–Kier alpha value is -4.26. The van der Waals surface area contributed by atoms with Gasteiger partial charge in [-0.1, -0.05) is 48.5 Å². The fourth-order valence-corrected chi connectivity index (χ4v) is 4.54. The first-order chi connectivity index (χ1) is 18.0. The summed E-state index contributed by atoms with van der Waals surface area (Å²) in [4.78, 5) is 28.2. The van der Waals surface area contributed by atoms with Gasteiger partial charge in [0.15, 0.2) is 11.5 Å². The summed E-state index contributed by atoms with van der Waals surface area (Å²) < 4.78 is 16.8. The topological polar surface area (TPSA) is 85.3 Å². The van der Waals surface area contributed by atoms with Gasteiger partial charge in [0.1, 0.15) is 11.5 Å². The Morgan fingerprint density at radius 1 is 0.892 bits per heavy atom. The number of nitrogens with zero attached hydrogens (tertiary/aromatic N) is 1. The van der Waals surface area contributed by atoms with Crippen LogP contribution in [-0.2, 0) is 16.0 Å². The van der Waals surface area contributed by atoms with E-state index in [0.29, 0.717) is 54.6 Å². The minimum absolute atomic E-state index is 0.0259. The van der Waals surface area contributed by atoms with Crippen LogP contribution in [0.5, 0.6) is 17.2 Å². The summed E-state index contributed by atoms with van der Waals surface area (Å²) in [7, 11) is 1.53. The van der Waals surface area contributed by atoms with Crippen molar-refractivity contribution in [1.82, 2.24) is 4.90 Å². The second-order valence-electron chi connectivity index (χ2n) is 8.53. The Labute approximate surface area is 216 Å². The molecule has 3 aromatic rings. The molecule has 192 valence electrons. The molecule has 0 saturated carbocycles. The molecular formula is C30H31NO6. The number of aliphatic hydroxyl groups is 1. The van der Waals surface area contributed by atoms with Crippen LogP contribution in [0.1, 0.15) is 36.6 Å². The van der Waals surface area contributed by atoms with Gasteiger partial charge >= 0.3 is 0 Å². The van der Waals surface area contributed by atoms with E-state index in [1.54, 1.807) is 42.5 Å². The molecule has 0 aromatic heterocycles. The number of hydrogen-bond acceptors (Lipinski definition) is 6. The van der Waals surface area contributed by atoms with E-state index < -0.39 is 17.7 Å². The average molecular weight is 502 g/mol. The van der Waals surface area contributed by atoms with Crippen LogP contribution in [0.15, 0.2) is 78.4 Å². The standard InChI is InChI=1S/C30H31NO6/c1-4-36-23-13-9-12-22(18-23)28(32)26-27(21-14-15-24(37-5-2)25(19-21)35-3)31(30(34)29(26)33)17-16-20-10-7-6-8-11-20/h6-15,18-19,27,32H,4-5,16-17H2,1-3H3/b28-26+. The summed E-state index contributed by atoms with van der Waals surface area (Å²) in [6, 6.07) is 21.1. The number of ether oxygens (including phenoxy) is 3. The van der Waals surface area contributed by atoms with Crippen molar-refractivity contribution in [2.24, 2.45) is 0 Å². The van der Waals surface area contributed by atoms with E-state index in [1.165, 1.54) is 12.0 Å². The monoisotopic (exact) mass is 501 g/mol. The molecule has 0 spiro atoms. The number of methoxy groups -OCH3 is 1. The van der Waals surface area contributed by atoms with Gasteiger partial charge in [0.05, 0.1) is 31.9 Å². The highest BCUT2D eigenvalue weighted by Crippen LogP contribution is 2.42. The first kappa shape index (κ1) is 25.8. The van der Waals surface area contributed by atoms with Gasteiger partial charge in [-0.15, -0.1) is 0 Å². The van der Waals surface area contributed by atoms with Crippen molar-refractivity contribution in [3.8, 4) is 17.2 Å². The number of likely N-dealkylation sites (tertiary alicyclic amines) is 1. The zero-order chi connectivity index (χ0) is 26.4. The summed E-state index contributed by atoms with van der Waals surface area (Å²) >= 11 is 0. The lowest BCUT2D eigenvalue weighted by molar-refractivity contribution is -0.139. The zero-order valence-electron chi connectivity index (χ0n) is 21.3. The van der Waals surface area contributed by atoms with Crippen LogP contribution in [-0.4, -0.2) is 48.6 Å². The van der Waals surface area contributed by atoms with Crippen molar-refractivity contribution in [1.29, 1.82) is 0 Å². The summed E-state index contributed by atoms with van der Waals surface area (Å²) in [5.74, 6) is -0.0450. The molecule has 1 saturated heterocycles. The fourth-order valence-electron chi connectivity index (χ4n) is 4.54. The molecule has 1 atom stereocenters. The first-order valence-corrected chi connectivity index (χ1v) is 12.3. The van der Waals surface area contributed by atoms with Crippen molar-refractivity contribution in [3.05, 3.63) is 95.1 Å². The molecule has 1 heterocycles. The van der Waals surface area contributed by atoms with Gasteiger partial charge in [0.25, 0.3) is 11.7 Å². The summed E-state index contributed by atoms with van der Waals surface area (Å²) in [5, 5.41) is 11.4. The Morgan fingerprint density at radius 2 is 1.65 bits per heavy atom. The minimum atomic E-state index is -0.802. The van der Waals surface area contributed by atoms with Crippen LogP contribution in [0, 0.1) is 0 Å². The molecule has 0 bridgehead atoms. The van der Waals surface area contributed by atoms with E-state index in [0.717, 1.165) is 5.56 Å². The van der Waals surface area contributed by atoms with Crippen molar-refractivity contribution < 1.29 is 28.9 Å². The van der Waals surface area contributed by atoms with Gasteiger partial charge < -0.3 is 24.2 Å². The summed E-state index contributed by atoms with van der Waals surface area (Å²) in [5.41, 5.74) is 2.10. The summed E-state index contributed by atoms with van der Waals surface area (Å²) in [6.45, 7) is 4.96. The Balaban J connectivity index is 1.82. The highest BCUT2D eigenvalue weighted by Gasteiger charge is 2.46. The highest BCUT2D eigenvalue weighted by atomic mass is 16.5. The van der Waals surface area contributed by atoms with Gasteiger partial charge in [-0.2, -0.15) is 0 Å². The lowest BCUT2D eigenvalue weighted by atomic mass is 9.94. The van der Waals surface area contributed by atoms with Gasteiger partial charge in [0.2, 0.25) is 0 Å². The number of carbonyl (C=O) groups excluding carboxylic acids is 2. The molecule has 0 radical (unpaired) electrons. The largest absolute Gasteiger partial charge is 0.507 e. The normalized spacial score (nSPS) is 16.6. The lowest BCUT2D eigenvalue weighted by Crippen LogP contribution is -2.31. The number of carbonyl (C=O) groups is 2. The molecule has 1 unspecified atom stereocenters. The predicted octanol–water partition coefficient (Wildman–Crippen LogP) is 5.16. The van der Waals surface area contributed by atoms with Crippen molar-refractivity contribution in [3.63, 3.8) is 0 Å². The third kappa shape index (κ3) is 5.45. The van der Waals surface area contributed by atoms with Crippen molar-refractivity contribution in [2.45, 2.75) is 26.3 Å². The maximum atomic E-state index is 13.4. The van der Waals surface area contributed by atoms with E-state index in [2.05, 4.69) is 0 Å². The molecule has 1 aliphatic heterocycles. The lowest BCUT2D eigenvalue weighted by Gasteiger charge is -2.26. The number of aliphatic hydroxyl groups excluding tert-OH is 1. The number of amides is 1. The molecule has 7 heteroatoms. The van der Waals surface area contributed by atoms with E-state index in [4.69, 9.17) is 14.2 Å². The maximum Gasteiger partial charge on any atom is 0.295 e. The van der Waals surface area contributed by atoms with E-state index in [1.807, 2.05) is 44.2 Å². The SMILES string of the molecule is CCOc1cccc(/C(O)=C2\C(=O)C(=O)N(CCc3ccccc3)C2c2ccc(OCC)c(OC)c2)c1. The number of Topliss-reactive ketones (excluding diaryl/α,β-unsaturated/α-hetero) is 1. The zero-order valence-corrected chi connectivity index (χ0v) is 21.3. The van der Waals surface area contributed by atoms with E-state index in [-0.39, 0.29) is 11.3 Å². The van der Waals surface area contributed by atoms with Gasteiger partial charge in [0, 0.05) is 12.1 Å². The van der Waals surface area contributed by atoms with Crippen LogP contribution in [0.3, 0.4) is 0 Å². The van der Waals surface area contributed by atoms with E-state index >= 15 is 0 Å². The average Bonchev–Trinajstić information content (AvgIpc) is 3.17. The molecule has 0 aliphatic carbocycles. The Morgan fingerprint density at radius 3 is 2.35 bits per heavy atom. The molecule has 4 rings (SSSR count). The summed E-state index contributed by atoms with van der Waals surface area (Å²) in [6.07, 6.45) is 0.554. The fraction of sp³-hybridized carbons (Fsp3) is 0.267. The number of benzene rings is 3. The van der Waals surface area contributed by atoms with E-state index in [9.17, 15) is 14.7 Å². The quantitative estimate of drug-likeness (QED) is 0.235. The van der Waals surface area contributed by atoms with Crippen LogP contribution in [0.4, 0.5) is 0 Å². The molecule has 1 fully saturated rings. The molecule has 1 aliphatic rings. The van der Waals surface area contributed by atoms with Crippen molar-refractivity contribution in [2.75, 3.05) is 26.9 Å². The second-order valence-corrected chi connectivity index (χ2v) is 8.53. The molecular weight excluding hydrogens is 470 g/mol. The molecule has 37 heavy (non-hydrogen) atoms. The van der Waals surface area contributed by atoms with Gasteiger partial charge in [-0.25, -0.2) is 0 Å². The van der Waals surface area contributed by atoms with Gasteiger partial charge in [-0.05, 0) is 55.7 Å². The van der Waals surface area contributed by atoms with Crippen LogP contribution < -0.4 is 14.2 Å². The van der Waals surface area contributed by atoms with Crippen LogP contribution >= 0.6 is 0 Å². The number of rotatable bonds is 10. The van der Waals surface area contributed by atoms with Gasteiger partial charge in [-0.3, -0.25) is 9.59 Å². The number of ketones is 1. The molecule has 3 aromatic carbocycles. The molecule has 1 amide bonds. The van der Waals surface area contributed by atoms with Crippen molar-refractivity contribution >= 4 is 17.4 Å². The Bertz CT molecular complexity index is 1300. The predicted molar refractivity (Wildman–Crippen MR) is 141 cm³/mol.